The molecule has 0 heteroatoms. The highest BCUT2D eigenvalue weighted by Crippen LogP contribution is 2.36. The van der Waals surface area contributed by atoms with Crippen LogP contribution in [0.1, 0.15) is 17.5 Å². The number of fused-ring (bicyclic) bond motifs is 2. The molecule has 0 aromatic heterocycles. The van der Waals surface area contributed by atoms with Crippen molar-refractivity contribution in [2.75, 3.05) is 0 Å². The van der Waals surface area contributed by atoms with Crippen LogP contribution in [0.15, 0.2) is 72.8 Å². The summed E-state index contributed by atoms with van der Waals surface area (Å²) in [6.45, 7) is 0. The van der Waals surface area contributed by atoms with Crippen LogP contribution in [-0.2, 0) is 0 Å². The maximum absolute atomic E-state index is 2.29. The van der Waals surface area contributed by atoms with Crippen LogP contribution in [0.25, 0.3) is 34.1 Å². The zero-order chi connectivity index (χ0) is 14.1. The van der Waals surface area contributed by atoms with E-state index in [1.54, 1.807) is 0 Å². The minimum absolute atomic E-state index is 0.999. The lowest BCUT2D eigenvalue weighted by molar-refractivity contribution is 1.44. The molecule has 0 nitrogen and oxygen atoms in total. The van der Waals surface area contributed by atoms with Crippen LogP contribution in [0.3, 0.4) is 0 Å². The van der Waals surface area contributed by atoms with E-state index < -0.39 is 0 Å². The van der Waals surface area contributed by atoms with E-state index in [9.17, 15) is 0 Å². The first-order valence-corrected chi connectivity index (χ1v) is 7.38. The fraction of sp³-hybridized carbons (Fsp3) is 0.0476. The zero-order valence-electron chi connectivity index (χ0n) is 11.8. The Balaban J connectivity index is 2.16. The van der Waals surface area contributed by atoms with Gasteiger partial charge in [-0.05, 0) is 45.5 Å². The number of hydrogen-bond acceptors (Lipinski definition) is 0. The van der Waals surface area contributed by atoms with Gasteiger partial charge in [-0.15, -0.1) is 0 Å². The Bertz CT molecular complexity index is 852. The van der Waals surface area contributed by atoms with Crippen LogP contribution < -0.4 is 0 Å². The van der Waals surface area contributed by atoms with Gasteiger partial charge >= 0.3 is 0 Å². The lowest BCUT2D eigenvalue weighted by Gasteiger charge is -2.14. The lowest BCUT2D eigenvalue weighted by Crippen LogP contribution is -1.90. The highest BCUT2D eigenvalue weighted by atomic mass is 14.2. The summed E-state index contributed by atoms with van der Waals surface area (Å²) in [6, 6.07) is 21.6. The topological polar surface area (TPSA) is 0 Å². The van der Waals surface area contributed by atoms with Crippen LogP contribution in [0, 0.1) is 0 Å². The minimum Gasteiger partial charge on any atom is -0.0801 e. The monoisotopic (exact) mass is 268 g/mol. The molecule has 0 aliphatic heterocycles. The van der Waals surface area contributed by atoms with E-state index in [-0.39, 0.29) is 0 Å². The van der Waals surface area contributed by atoms with Crippen molar-refractivity contribution in [3.05, 3.63) is 83.9 Å². The summed E-state index contributed by atoms with van der Waals surface area (Å²) in [7, 11) is 0. The molecule has 0 radical (unpaired) electrons. The molecule has 0 bridgehead atoms. The van der Waals surface area contributed by atoms with E-state index in [1.165, 1.54) is 33.0 Å². The Morgan fingerprint density at radius 3 is 2.38 bits per heavy atom. The van der Waals surface area contributed by atoms with Crippen LogP contribution in [0.5, 0.6) is 0 Å². The van der Waals surface area contributed by atoms with Gasteiger partial charge in [0.1, 0.15) is 0 Å². The van der Waals surface area contributed by atoms with Gasteiger partial charge in [0, 0.05) is 0 Å². The lowest BCUT2D eigenvalue weighted by atomic mass is 9.89. The third-order valence-electron chi connectivity index (χ3n) is 4.04. The summed E-state index contributed by atoms with van der Waals surface area (Å²) >= 11 is 0. The predicted octanol–water partition coefficient (Wildman–Crippen LogP) is 5.94. The third kappa shape index (κ3) is 2.09. The number of hydrogen-bond donors (Lipinski definition) is 0. The van der Waals surface area contributed by atoms with Crippen LogP contribution >= 0.6 is 0 Å². The number of benzene rings is 3. The quantitative estimate of drug-likeness (QED) is 0.512. The normalized spacial score (nSPS) is 13.1. The second kappa shape index (κ2) is 5.06. The van der Waals surface area contributed by atoms with Crippen LogP contribution in [0.4, 0.5) is 0 Å². The van der Waals surface area contributed by atoms with Crippen molar-refractivity contribution in [1.82, 2.24) is 0 Å². The molecule has 0 spiro atoms. The van der Waals surface area contributed by atoms with Gasteiger partial charge in [0.15, 0.2) is 0 Å². The van der Waals surface area contributed by atoms with E-state index in [1.807, 2.05) is 0 Å². The molecule has 0 saturated heterocycles. The summed E-state index contributed by atoms with van der Waals surface area (Å²) in [4.78, 5) is 0. The van der Waals surface area contributed by atoms with Crippen molar-refractivity contribution in [3.63, 3.8) is 0 Å². The van der Waals surface area contributed by atoms with E-state index in [2.05, 4.69) is 85.0 Å². The first kappa shape index (κ1) is 12.2. The molecule has 0 amide bonds. The second-order valence-electron chi connectivity index (χ2n) is 5.38. The molecule has 0 heterocycles. The fourth-order valence-corrected chi connectivity index (χ4v) is 3.08. The Labute approximate surface area is 125 Å². The molecule has 0 unspecified atom stereocenters. The molecule has 1 aliphatic rings. The highest BCUT2D eigenvalue weighted by Gasteiger charge is 2.12. The molecule has 0 saturated carbocycles. The van der Waals surface area contributed by atoms with Crippen LogP contribution in [0.2, 0.25) is 0 Å². The summed E-state index contributed by atoms with van der Waals surface area (Å²) in [5, 5.41) is 2.62. The minimum atomic E-state index is 0.999. The second-order valence-corrected chi connectivity index (χ2v) is 5.38. The van der Waals surface area contributed by atoms with Crippen molar-refractivity contribution in [2.24, 2.45) is 0 Å². The average molecular weight is 268 g/mol. The molecule has 1 aliphatic carbocycles. The molecule has 4 rings (SSSR count). The first-order chi connectivity index (χ1) is 10.4. The van der Waals surface area contributed by atoms with Crippen molar-refractivity contribution in [3.8, 4) is 11.1 Å². The Morgan fingerprint density at radius 2 is 1.48 bits per heavy atom. The van der Waals surface area contributed by atoms with Crippen molar-refractivity contribution < 1.29 is 0 Å². The van der Waals surface area contributed by atoms with Gasteiger partial charge in [0.05, 0.1) is 0 Å². The van der Waals surface area contributed by atoms with Gasteiger partial charge in [-0.2, -0.15) is 0 Å². The Hall–Kier alpha value is -2.60. The summed E-state index contributed by atoms with van der Waals surface area (Å²) in [6.07, 6.45) is 9.98. The van der Waals surface area contributed by atoms with Gasteiger partial charge in [0.2, 0.25) is 0 Å². The Kier molecular flexibility index (Phi) is 2.93. The molecule has 100 valence electrons. The standard InChI is InChI=1S/C21H16/c1-3-9-16(10-4-1)21-19-13-6-2-5-11-17(19)15-18-12-7-8-14-20(18)21/h1,3-15H,2H2. The van der Waals surface area contributed by atoms with Gasteiger partial charge in [0.25, 0.3) is 0 Å². The molecule has 21 heavy (non-hydrogen) atoms. The fourth-order valence-electron chi connectivity index (χ4n) is 3.08. The van der Waals surface area contributed by atoms with Crippen molar-refractivity contribution in [1.29, 1.82) is 0 Å². The van der Waals surface area contributed by atoms with Gasteiger partial charge in [-0.3, -0.25) is 0 Å². The molecular weight excluding hydrogens is 252 g/mol. The van der Waals surface area contributed by atoms with Crippen molar-refractivity contribution >= 4 is 22.9 Å². The summed E-state index contributed by atoms with van der Waals surface area (Å²) in [5.74, 6) is 0. The first-order valence-electron chi connectivity index (χ1n) is 7.38. The van der Waals surface area contributed by atoms with Gasteiger partial charge in [-0.1, -0.05) is 78.9 Å². The molecule has 3 aromatic carbocycles. The van der Waals surface area contributed by atoms with E-state index in [0.29, 0.717) is 0 Å². The predicted molar refractivity (Wildman–Crippen MR) is 92.1 cm³/mol. The van der Waals surface area contributed by atoms with Crippen molar-refractivity contribution in [2.45, 2.75) is 6.42 Å². The maximum Gasteiger partial charge on any atom is -0.00269 e. The molecule has 0 fully saturated rings. The number of rotatable bonds is 1. The van der Waals surface area contributed by atoms with E-state index in [0.717, 1.165) is 6.42 Å². The largest absolute Gasteiger partial charge is 0.0801 e. The van der Waals surface area contributed by atoms with E-state index >= 15 is 0 Å². The van der Waals surface area contributed by atoms with Gasteiger partial charge < -0.3 is 0 Å². The molecule has 0 N–H and O–H groups in total. The highest BCUT2D eigenvalue weighted by molar-refractivity contribution is 6.03. The van der Waals surface area contributed by atoms with E-state index in [4.69, 9.17) is 0 Å². The smallest absolute Gasteiger partial charge is 0.00269 e. The SMILES string of the molecule is C1=Cc2cc3ccccc3c(-c3ccccc3)c2C=CC1. The van der Waals surface area contributed by atoms with Crippen LogP contribution in [-0.4, -0.2) is 0 Å². The summed E-state index contributed by atoms with van der Waals surface area (Å²) < 4.78 is 0. The molecule has 0 atom stereocenters. The van der Waals surface area contributed by atoms with Gasteiger partial charge in [-0.25, -0.2) is 0 Å². The zero-order valence-corrected chi connectivity index (χ0v) is 11.8. The third-order valence-corrected chi connectivity index (χ3v) is 4.04. The maximum atomic E-state index is 2.29. The molecular formula is C21H16. The Morgan fingerprint density at radius 1 is 0.714 bits per heavy atom. The molecule has 3 aromatic rings. The average Bonchev–Trinajstić information content (AvgIpc) is 2.78. The summed E-state index contributed by atoms with van der Waals surface area (Å²) in [5.41, 5.74) is 5.26. The number of allylic oxidation sites excluding steroid dienone is 2.